The minimum atomic E-state index is -0.674. The molecular weight excluding hydrogens is 260 g/mol. The average molecular weight is 284 g/mol. The lowest BCUT2D eigenvalue weighted by Crippen LogP contribution is -2.68. The molecule has 1 heterocycles. The average Bonchev–Trinajstić information content (AvgIpc) is 2.75. The molecule has 2 rings (SSSR count). The van der Waals surface area contributed by atoms with Gasteiger partial charge < -0.3 is 15.2 Å². The second kappa shape index (κ2) is 5.48. The largest absolute Gasteiger partial charge is 0.388 e. The SMILES string of the molecule is CCOC1CC(O)(CNCc2cnc(C)s2)C1(C)C. The van der Waals surface area contributed by atoms with E-state index in [0.717, 1.165) is 11.6 Å². The number of aromatic nitrogens is 1. The summed E-state index contributed by atoms with van der Waals surface area (Å²) in [4.78, 5) is 5.43. The maximum atomic E-state index is 10.7. The Morgan fingerprint density at radius 2 is 2.32 bits per heavy atom. The number of hydrogen-bond donors (Lipinski definition) is 2. The van der Waals surface area contributed by atoms with E-state index < -0.39 is 5.60 Å². The molecule has 2 atom stereocenters. The van der Waals surface area contributed by atoms with Crippen LogP contribution in [0.1, 0.15) is 37.1 Å². The minimum absolute atomic E-state index is 0.162. The van der Waals surface area contributed by atoms with Gasteiger partial charge in [-0.1, -0.05) is 13.8 Å². The summed E-state index contributed by atoms with van der Waals surface area (Å²) in [6, 6.07) is 0. The van der Waals surface area contributed by atoms with Crippen molar-refractivity contribution < 1.29 is 9.84 Å². The predicted octanol–water partition coefficient (Wildman–Crippen LogP) is 2.11. The minimum Gasteiger partial charge on any atom is -0.388 e. The quantitative estimate of drug-likeness (QED) is 0.840. The van der Waals surface area contributed by atoms with Crippen LogP contribution in [-0.2, 0) is 11.3 Å². The van der Waals surface area contributed by atoms with Crippen LogP contribution in [0.3, 0.4) is 0 Å². The highest BCUT2D eigenvalue weighted by molar-refractivity contribution is 7.11. The molecule has 4 nitrogen and oxygen atoms in total. The fourth-order valence-corrected chi connectivity index (χ4v) is 3.41. The maximum Gasteiger partial charge on any atom is 0.0897 e. The number of aryl methyl sites for hydroxylation is 1. The number of rotatable bonds is 6. The van der Waals surface area contributed by atoms with Gasteiger partial charge in [-0.2, -0.15) is 0 Å². The van der Waals surface area contributed by atoms with Crippen LogP contribution in [0, 0.1) is 12.3 Å². The van der Waals surface area contributed by atoms with Crippen LogP contribution in [0.25, 0.3) is 0 Å². The summed E-state index contributed by atoms with van der Waals surface area (Å²) in [5.41, 5.74) is -0.869. The van der Waals surface area contributed by atoms with E-state index in [1.165, 1.54) is 4.88 Å². The zero-order valence-electron chi connectivity index (χ0n) is 12.2. The van der Waals surface area contributed by atoms with Crippen molar-refractivity contribution in [3.63, 3.8) is 0 Å². The highest BCUT2D eigenvalue weighted by atomic mass is 32.1. The predicted molar refractivity (Wildman–Crippen MR) is 77.3 cm³/mol. The molecule has 108 valence electrons. The number of ether oxygens (including phenoxy) is 1. The molecule has 0 aliphatic heterocycles. The van der Waals surface area contributed by atoms with Gasteiger partial charge >= 0.3 is 0 Å². The fourth-order valence-electron chi connectivity index (χ4n) is 2.64. The third-order valence-electron chi connectivity index (χ3n) is 4.28. The molecule has 1 aromatic rings. The van der Waals surface area contributed by atoms with Crippen LogP contribution in [0.5, 0.6) is 0 Å². The zero-order valence-corrected chi connectivity index (χ0v) is 13.0. The molecule has 1 aliphatic rings. The van der Waals surface area contributed by atoms with Gasteiger partial charge in [0.05, 0.1) is 16.7 Å². The Hall–Kier alpha value is -0.490. The van der Waals surface area contributed by atoms with E-state index in [1.807, 2.05) is 20.0 Å². The molecule has 5 heteroatoms. The van der Waals surface area contributed by atoms with Gasteiger partial charge in [-0.15, -0.1) is 11.3 Å². The maximum absolute atomic E-state index is 10.7. The lowest BCUT2D eigenvalue weighted by atomic mass is 9.56. The molecule has 2 unspecified atom stereocenters. The summed E-state index contributed by atoms with van der Waals surface area (Å²) in [7, 11) is 0. The Labute approximate surface area is 119 Å². The van der Waals surface area contributed by atoms with E-state index in [2.05, 4.69) is 24.1 Å². The summed E-state index contributed by atoms with van der Waals surface area (Å²) in [5, 5.41) is 15.1. The van der Waals surface area contributed by atoms with Crippen molar-refractivity contribution in [2.75, 3.05) is 13.2 Å². The first kappa shape index (κ1) is 14.9. The van der Waals surface area contributed by atoms with Crippen LogP contribution in [0.2, 0.25) is 0 Å². The molecular formula is C14H24N2O2S. The van der Waals surface area contributed by atoms with Crippen molar-refractivity contribution in [2.45, 2.75) is 52.4 Å². The number of nitrogens with one attached hydrogen (secondary N) is 1. The van der Waals surface area contributed by atoms with Gasteiger partial charge in [0, 0.05) is 42.6 Å². The fraction of sp³-hybridized carbons (Fsp3) is 0.786. The van der Waals surface area contributed by atoms with E-state index in [4.69, 9.17) is 4.74 Å². The zero-order chi connectivity index (χ0) is 14.1. The summed E-state index contributed by atoms with van der Waals surface area (Å²) in [6.07, 6.45) is 2.77. The molecule has 0 saturated heterocycles. The van der Waals surface area contributed by atoms with E-state index in [-0.39, 0.29) is 11.5 Å². The lowest BCUT2D eigenvalue weighted by Gasteiger charge is -2.58. The monoisotopic (exact) mass is 284 g/mol. The first-order valence-corrected chi connectivity index (χ1v) is 7.67. The van der Waals surface area contributed by atoms with E-state index in [1.54, 1.807) is 11.3 Å². The van der Waals surface area contributed by atoms with Gasteiger partial charge in [-0.25, -0.2) is 4.98 Å². The first-order valence-electron chi connectivity index (χ1n) is 6.85. The second-order valence-corrected chi connectivity index (χ2v) is 7.17. The Balaban J connectivity index is 1.83. The molecule has 0 amide bonds. The molecule has 0 radical (unpaired) electrons. The van der Waals surface area contributed by atoms with Crippen molar-refractivity contribution in [3.05, 3.63) is 16.1 Å². The Kier molecular flexibility index (Phi) is 4.30. The third-order valence-corrected chi connectivity index (χ3v) is 5.19. The smallest absolute Gasteiger partial charge is 0.0897 e. The molecule has 1 aromatic heterocycles. The highest BCUT2D eigenvalue weighted by Crippen LogP contribution is 2.50. The normalized spacial score (nSPS) is 29.2. The Morgan fingerprint density at radius 1 is 1.58 bits per heavy atom. The lowest BCUT2D eigenvalue weighted by molar-refractivity contribution is -0.238. The molecule has 2 N–H and O–H groups in total. The van der Waals surface area contributed by atoms with Gasteiger partial charge in [0.25, 0.3) is 0 Å². The first-order chi connectivity index (χ1) is 8.89. The molecule has 1 aliphatic carbocycles. The summed E-state index contributed by atoms with van der Waals surface area (Å²) in [5.74, 6) is 0. The van der Waals surface area contributed by atoms with Crippen molar-refractivity contribution in [1.29, 1.82) is 0 Å². The topological polar surface area (TPSA) is 54.4 Å². The number of aliphatic hydroxyl groups is 1. The summed E-state index contributed by atoms with van der Waals surface area (Å²) >= 11 is 1.69. The van der Waals surface area contributed by atoms with Gasteiger partial charge in [0.15, 0.2) is 0 Å². The molecule has 0 spiro atoms. The van der Waals surface area contributed by atoms with Gasteiger partial charge in [0.1, 0.15) is 0 Å². The van der Waals surface area contributed by atoms with Crippen LogP contribution in [0.15, 0.2) is 6.20 Å². The molecule has 1 saturated carbocycles. The second-order valence-electron chi connectivity index (χ2n) is 5.85. The molecule has 19 heavy (non-hydrogen) atoms. The van der Waals surface area contributed by atoms with Crippen LogP contribution >= 0.6 is 11.3 Å². The number of hydrogen-bond acceptors (Lipinski definition) is 5. The van der Waals surface area contributed by atoms with Gasteiger partial charge in [-0.05, 0) is 13.8 Å². The van der Waals surface area contributed by atoms with Crippen LogP contribution < -0.4 is 5.32 Å². The number of thiazole rings is 1. The molecule has 1 fully saturated rings. The van der Waals surface area contributed by atoms with Crippen LogP contribution in [-0.4, -0.2) is 34.9 Å². The van der Waals surface area contributed by atoms with Crippen molar-refractivity contribution in [1.82, 2.24) is 10.3 Å². The van der Waals surface area contributed by atoms with Gasteiger partial charge in [-0.3, -0.25) is 0 Å². The Bertz CT molecular complexity index is 433. The standard InChI is InChI=1S/C14H24N2O2S/c1-5-18-12-6-14(17,13(12,3)4)9-15-7-11-8-16-10(2)19-11/h8,12,15,17H,5-7,9H2,1-4H3. The van der Waals surface area contributed by atoms with Crippen molar-refractivity contribution >= 4 is 11.3 Å². The van der Waals surface area contributed by atoms with Gasteiger partial charge in [0.2, 0.25) is 0 Å². The Morgan fingerprint density at radius 3 is 2.84 bits per heavy atom. The van der Waals surface area contributed by atoms with Crippen molar-refractivity contribution in [3.8, 4) is 0 Å². The third kappa shape index (κ3) is 2.84. The molecule has 0 aromatic carbocycles. The highest BCUT2D eigenvalue weighted by Gasteiger charge is 2.59. The number of nitrogens with zero attached hydrogens (tertiary/aromatic N) is 1. The van der Waals surface area contributed by atoms with E-state index in [9.17, 15) is 5.11 Å². The van der Waals surface area contributed by atoms with Crippen LogP contribution in [0.4, 0.5) is 0 Å². The summed E-state index contributed by atoms with van der Waals surface area (Å²) < 4.78 is 5.66. The molecule has 0 bridgehead atoms. The van der Waals surface area contributed by atoms with Crippen molar-refractivity contribution in [2.24, 2.45) is 5.41 Å². The summed E-state index contributed by atoms with van der Waals surface area (Å²) in [6.45, 7) is 10.2. The van der Waals surface area contributed by atoms with E-state index in [0.29, 0.717) is 19.6 Å². The van der Waals surface area contributed by atoms with E-state index >= 15 is 0 Å².